The number of rotatable bonds is 15. The highest BCUT2D eigenvalue weighted by molar-refractivity contribution is 6.41. The normalized spacial score (nSPS) is 25.9. The number of fused-ring (bicyclic) bond motifs is 14. The smallest absolute Gasteiger partial charge is 0.330 e. The number of aromatic hydroxyl groups is 4. The van der Waals surface area contributed by atoms with Crippen LogP contribution in [-0.4, -0.2) is 195 Å². The number of ether oxygens (including phenoxy) is 7. The third-order valence-corrected chi connectivity index (χ3v) is 20.9. The number of phenolic OH excluding ortho intramolecular Hbond substituents is 4. The molecule has 7 amide bonds. The SMILES string of the molecule is CCCCC/C=C/CCC(=O)N[C@@H]1[C@H](Oc2c3cc4cc2Oc2ccc(cc2Cl)CC2NC(=O)[C@H](N)c5ccc(O)c(c5)Oc5cc(O)cc(c5)C(NC2=O)C(=O)NC4C(=O)NC2C(=O)N=C(Cc4ccc(c(Cl)c4)O3)C(=O)N[C@H](C(=O)O)c3cc(O)cc(O[C@H]4O[C@H](CO)[C@@H](O)[C@@H](O)[C@@H]4O)c3-c3cc2ccc3O)O[C@@H](CO)[C@@H](O)[C@@H]1O. The number of hydrogen-bond donors (Lipinski definition) is 19. The van der Waals surface area contributed by atoms with Crippen LogP contribution in [0.25, 0.3) is 11.1 Å². The summed E-state index contributed by atoms with van der Waals surface area (Å²) in [5.74, 6) is -16.8. The molecular formula is C80H80Cl2N8O27. The number of aliphatic hydroxyl groups is 7. The molecule has 0 saturated carbocycles. The summed E-state index contributed by atoms with van der Waals surface area (Å²) in [5.41, 5.74) is 3.12. The van der Waals surface area contributed by atoms with E-state index in [0.717, 1.165) is 92.4 Å². The van der Waals surface area contributed by atoms with E-state index in [1.807, 2.05) is 6.08 Å². The number of carbonyl (C=O) groups is 8. The van der Waals surface area contributed by atoms with Crippen molar-refractivity contribution in [3.63, 3.8) is 0 Å². The molecule has 35 nitrogen and oxygen atoms in total. The van der Waals surface area contributed by atoms with Gasteiger partial charge >= 0.3 is 5.97 Å². The Morgan fingerprint density at radius 2 is 1.19 bits per heavy atom. The molecule has 20 N–H and O–H groups in total. The molecule has 616 valence electrons. The lowest BCUT2D eigenvalue weighted by molar-refractivity contribution is -0.277. The Balaban J connectivity index is 1.04. The van der Waals surface area contributed by atoms with Crippen molar-refractivity contribution in [1.82, 2.24) is 31.9 Å². The molecule has 16 atom stereocenters. The van der Waals surface area contributed by atoms with E-state index >= 15 is 24.0 Å². The third kappa shape index (κ3) is 18.1. The second-order valence-corrected chi connectivity index (χ2v) is 29.3. The first kappa shape index (κ1) is 83.2. The van der Waals surface area contributed by atoms with E-state index < -0.39 is 251 Å². The van der Waals surface area contributed by atoms with E-state index in [4.69, 9.17) is 62.1 Å². The monoisotopic (exact) mass is 1650 g/mol. The van der Waals surface area contributed by atoms with Gasteiger partial charge in [0.1, 0.15) is 125 Å². The lowest BCUT2D eigenvalue weighted by Crippen LogP contribution is -2.65. The first-order valence-electron chi connectivity index (χ1n) is 36.9. The van der Waals surface area contributed by atoms with Gasteiger partial charge in [0.15, 0.2) is 29.0 Å². The van der Waals surface area contributed by atoms with Crippen LogP contribution in [0.4, 0.5) is 0 Å². The molecular weight excluding hydrogens is 1580 g/mol. The summed E-state index contributed by atoms with van der Waals surface area (Å²) in [6, 6.07) is 7.43. The zero-order valence-electron chi connectivity index (χ0n) is 61.7. The predicted molar refractivity (Wildman–Crippen MR) is 408 cm³/mol. The van der Waals surface area contributed by atoms with E-state index in [2.05, 4.69) is 43.8 Å². The Morgan fingerprint density at radius 1 is 0.581 bits per heavy atom. The maximum Gasteiger partial charge on any atom is 0.330 e. The number of nitrogens with zero attached hydrogens (tertiary/aromatic N) is 1. The van der Waals surface area contributed by atoms with Crippen molar-refractivity contribution in [3.8, 4) is 80.1 Å². The second kappa shape index (κ2) is 35.4. The van der Waals surface area contributed by atoms with Gasteiger partial charge in [-0.2, -0.15) is 0 Å². The van der Waals surface area contributed by atoms with Gasteiger partial charge in [-0.1, -0.05) is 79.4 Å². The Kier molecular flexibility index (Phi) is 25.2. The van der Waals surface area contributed by atoms with Crippen LogP contribution in [0.5, 0.6) is 69.0 Å². The van der Waals surface area contributed by atoms with Crippen molar-refractivity contribution in [2.75, 3.05) is 13.2 Å². The summed E-state index contributed by atoms with van der Waals surface area (Å²) >= 11 is 14.4. The molecule has 0 radical (unpaired) electrons. The van der Waals surface area contributed by atoms with Crippen LogP contribution in [0.15, 0.2) is 132 Å². The Bertz CT molecular complexity index is 5130. The van der Waals surface area contributed by atoms with Gasteiger partial charge in [0.25, 0.3) is 11.8 Å². The number of benzene rings is 7. The summed E-state index contributed by atoms with van der Waals surface area (Å²) in [5, 5.41) is 149. The number of hydrogen-bond acceptors (Lipinski definition) is 27. The lowest BCUT2D eigenvalue weighted by Gasteiger charge is -2.42. The Hall–Kier alpha value is -11.7. The zero-order chi connectivity index (χ0) is 83.5. The molecule has 4 unspecified atom stereocenters. The minimum atomic E-state index is -2.38. The van der Waals surface area contributed by atoms with Gasteiger partial charge in [0, 0.05) is 48.1 Å². The zero-order valence-corrected chi connectivity index (χ0v) is 63.2. The number of allylic oxidation sites excluding steroid dienone is 2. The van der Waals surface area contributed by atoms with Crippen molar-refractivity contribution in [2.24, 2.45) is 10.7 Å². The Morgan fingerprint density at radius 3 is 1.86 bits per heavy atom. The molecule has 0 spiro atoms. The molecule has 0 aromatic heterocycles. The molecule has 0 aliphatic carbocycles. The summed E-state index contributed by atoms with van der Waals surface area (Å²) in [6.07, 6.45) is -11.2. The largest absolute Gasteiger partial charge is 0.508 e. The number of carbonyl (C=O) groups excluding carboxylic acids is 7. The highest BCUT2D eigenvalue weighted by Crippen LogP contribution is 2.50. The number of amides is 7. The molecule has 2 saturated heterocycles. The molecule has 8 aliphatic heterocycles. The molecule has 15 rings (SSSR count). The third-order valence-electron chi connectivity index (χ3n) is 20.3. The van der Waals surface area contributed by atoms with E-state index in [9.17, 15) is 75.7 Å². The molecule has 8 heterocycles. The summed E-state index contributed by atoms with van der Waals surface area (Å²) in [4.78, 5) is 126. The molecule has 17 bridgehead atoms. The number of unbranched alkanes of at least 4 members (excludes halogenated alkanes) is 3. The van der Waals surface area contributed by atoms with Gasteiger partial charge in [-0.15, -0.1) is 0 Å². The van der Waals surface area contributed by atoms with Crippen LogP contribution in [0, 0.1) is 0 Å². The maximum atomic E-state index is 16.6. The van der Waals surface area contributed by atoms with Gasteiger partial charge in [-0.05, 0) is 132 Å². The second-order valence-electron chi connectivity index (χ2n) is 28.5. The number of nitrogens with two attached hydrogens (primary N) is 1. The van der Waals surface area contributed by atoms with Gasteiger partial charge in [0.2, 0.25) is 47.9 Å². The first-order chi connectivity index (χ1) is 55.9. The fraction of sp³-hybridized carbons (Fsp3) is 0.338. The maximum absolute atomic E-state index is 16.6. The molecule has 37 heteroatoms. The number of carboxylic acids is 1. The fourth-order valence-electron chi connectivity index (χ4n) is 14.1. The standard InChI is InChI=1S/C80H80Cl2N8O27/c1-2-3-4-5-6-7-8-9-58(97)86-65-68(100)66(98)56(31-91)115-79(65)117-71-54-26-38-27-55(71)113-51-17-11-34(19-45(51)82)21-47-73(104)90-64(78(109)110)43-29-40(94)30-53(114-80-70(102)69(101)67(99)57(32-92)116-80)59(43)42-24-36(13-14-48(42)95)61(75(106)85-47)88-77(108)63(38)89-76(107)62-37-22-39(93)28-41(23-37)111-52-25-35(12-15-49(52)96)60(83)74(105)84-46(72(103)87-62)20-33-10-16-50(112-54)44(81)18-33/h6-7,10-19,22-30,46,56-57,60-70,79-80,91-96,98-102H,2-5,8-9,20-21,31-32,83H2,1H3,(H,84,105)(H,86,97)(H,87,103)(H,88,108)(H,89,107)(H,90,104)(H,109,110)/b7-6+,85-47?/t46?,56-,57+,60+,61?,62?,63?,64-,65-,66+,67+,68+,69+,70-,79-,80-/m0/s1. The van der Waals surface area contributed by atoms with Gasteiger partial charge < -0.3 is 132 Å². The predicted octanol–water partition coefficient (Wildman–Crippen LogP) is 3.96. The van der Waals surface area contributed by atoms with E-state index in [0.29, 0.717) is 0 Å². The molecule has 7 aromatic carbocycles. The van der Waals surface area contributed by atoms with Gasteiger partial charge in [-0.25, -0.2) is 9.79 Å². The van der Waals surface area contributed by atoms with Crippen LogP contribution < -0.4 is 61.3 Å². The number of carboxylic acid groups (broad SMARTS) is 1. The van der Waals surface area contributed by atoms with Crippen molar-refractivity contribution in [3.05, 3.63) is 176 Å². The number of aliphatic carboxylic acids is 1. The first-order valence-corrected chi connectivity index (χ1v) is 37.7. The highest BCUT2D eigenvalue weighted by atomic mass is 35.5. The average Bonchev–Trinajstić information content (AvgIpc) is 0.761. The van der Waals surface area contributed by atoms with Crippen molar-refractivity contribution in [1.29, 1.82) is 0 Å². The van der Waals surface area contributed by atoms with Crippen molar-refractivity contribution < 1.29 is 133 Å². The molecule has 2 fully saturated rings. The van der Waals surface area contributed by atoms with Crippen LogP contribution in [0.3, 0.4) is 0 Å². The van der Waals surface area contributed by atoms with E-state index in [1.165, 1.54) is 48.5 Å². The van der Waals surface area contributed by atoms with E-state index in [-0.39, 0.29) is 68.1 Å². The average molecular weight is 1660 g/mol. The highest BCUT2D eigenvalue weighted by Gasteiger charge is 2.49. The minimum Gasteiger partial charge on any atom is -0.508 e. The fourth-order valence-corrected chi connectivity index (χ4v) is 14.6. The summed E-state index contributed by atoms with van der Waals surface area (Å²) < 4.78 is 44.2. The quantitative estimate of drug-likeness (QED) is 0.0510. The molecule has 8 aliphatic rings. The number of phenols is 4. The van der Waals surface area contributed by atoms with Crippen LogP contribution in [0.2, 0.25) is 10.0 Å². The van der Waals surface area contributed by atoms with Gasteiger partial charge in [-0.3, -0.25) is 33.6 Å². The van der Waals surface area contributed by atoms with Crippen LogP contribution >= 0.6 is 23.2 Å². The number of aliphatic imine (C=N–C) groups is 1. The summed E-state index contributed by atoms with van der Waals surface area (Å²) in [6.45, 7) is 0.131. The summed E-state index contributed by atoms with van der Waals surface area (Å²) in [7, 11) is 0. The van der Waals surface area contributed by atoms with Crippen molar-refractivity contribution >= 4 is 76.2 Å². The van der Waals surface area contributed by atoms with Crippen LogP contribution in [0.1, 0.15) is 115 Å². The number of aliphatic hydroxyl groups excluding tert-OH is 7. The van der Waals surface area contributed by atoms with Crippen molar-refractivity contribution in [2.45, 2.75) is 156 Å². The number of halogens is 2. The molecule has 117 heavy (non-hydrogen) atoms. The lowest BCUT2D eigenvalue weighted by atomic mass is 9.90. The number of nitrogens with one attached hydrogen (secondary N) is 6. The Labute approximate surface area is 674 Å². The van der Waals surface area contributed by atoms with E-state index in [1.54, 1.807) is 6.08 Å². The minimum absolute atomic E-state index is 0.0350. The topological polar surface area (TPSA) is 554 Å². The van der Waals surface area contributed by atoms with Crippen LogP contribution in [-0.2, 0) is 60.7 Å². The molecule has 7 aromatic rings. The van der Waals surface area contributed by atoms with Gasteiger partial charge in [0.05, 0.1) is 23.3 Å².